The molecule has 0 aliphatic heterocycles. The van der Waals surface area contributed by atoms with Crippen LogP contribution in [0, 0.1) is 6.92 Å². The zero-order chi connectivity index (χ0) is 9.42. The minimum Gasteiger partial charge on any atom is -0.361 e. The average Bonchev–Trinajstić information content (AvgIpc) is 2.28. The first-order valence-electron chi connectivity index (χ1n) is 5.16. The predicted molar refractivity (Wildman–Crippen MR) is 51.9 cm³/mol. The van der Waals surface area contributed by atoms with E-state index in [0.29, 0.717) is 11.8 Å². The van der Waals surface area contributed by atoms with E-state index >= 15 is 0 Å². The predicted octanol–water partition coefficient (Wildman–Crippen LogP) is 3.37. The van der Waals surface area contributed by atoms with Crippen molar-refractivity contribution in [1.29, 1.82) is 0 Å². The van der Waals surface area contributed by atoms with E-state index in [9.17, 15) is 0 Å². The van der Waals surface area contributed by atoms with Crippen LogP contribution in [0.25, 0.3) is 0 Å². The summed E-state index contributed by atoms with van der Waals surface area (Å²) < 4.78 is 5.26. The zero-order valence-corrected chi connectivity index (χ0v) is 8.63. The molecule has 1 aliphatic carbocycles. The van der Waals surface area contributed by atoms with Crippen LogP contribution in [0.1, 0.15) is 62.0 Å². The Morgan fingerprint density at radius 2 is 2.08 bits per heavy atom. The van der Waals surface area contributed by atoms with Crippen LogP contribution in [-0.2, 0) is 0 Å². The van der Waals surface area contributed by atoms with Crippen molar-refractivity contribution in [2.45, 2.75) is 51.9 Å². The molecule has 72 valence electrons. The first-order chi connectivity index (χ1) is 6.20. The van der Waals surface area contributed by atoms with Crippen LogP contribution < -0.4 is 0 Å². The molecular formula is C11H17NO. The highest BCUT2D eigenvalue weighted by Gasteiger charge is 2.27. The molecule has 2 nitrogen and oxygen atoms in total. The molecule has 0 bridgehead atoms. The molecule has 1 saturated carbocycles. The summed E-state index contributed by atoms with van der Waals surface area (Å²) in [6, 6.07) is 0. The molecule has 1 heterocycles. The lowest BCUT2D eigenvalue weighted by Gasteiger charge is -2.24. The van der Waals surface area contributed by atoms with Gasteiger partial charge in [0.15, 0.2) is 0 Å². The van der Waals surface area contributed by atoms with Gasteiger partial charge < -0.3 is 4.52 Å². The molecule has 1 aliphatic rings. The standard InChI is InChI=1S/C11H17NO/c1-7(2)10-8(3)13-12-11(10)9-5-4-6-9/h7,9H,4-6H2,1-3H3. The second-order valence-corrected chi connectivity index (χ2v) is 4.32. The van der Waals surface area contributed by atoms with Crippen LogP contribution in [-0.4, -0.2) is 5.16 Å². The molecular weight excluding hydrogens is 162 g/mol. The van der Waals surface area contributed by atoms with E-state index in [2.05, 4.69) is 19.0 Å². The third-order valence-electron chi connectivity index (χ3n) is 3.01. The average molecular weight is 179 g/mol. The number of nitrogens with zero attached hydrogens (tertiary/aromatic N) is 1. The molecule has 0 atom stereocenters. The van der Waals surface area contributed by atoms with Gasteiger partial charge in [-0.15, -0.1) is 0 Å². The Labute approximate surface area is 79.3 Å². The molecule has 0 unspecified atom stereocenters. The van der Waals surface area contributed by atoms with Gasteiger partial charge in [-0.3, -0.25) is 0 Å². The Balaban J connectivity index is 2.33. The SMILES string of the molecule is Cc1onc(C2CCC2)c1C(C)C. The number of rotatable bonds is 2. The molecule has 0 radical (unpaired) electrons. The lowest BCUT2D eigenvalue weighted by molar-refractivity contribution is 0.354. The molecule has 13 heavy (non-hydrogen) atoms. The van der Waals surface area contributed by atoms with E-state index in [1.54, 1.807) is 0 Å². The van der Waals surface area contributed by atoms with Crippen molar-refractivity contribution < 1.29 is 4.52 Å². The molecule has 1 fully saturated rings. The quantitative estimate of drug-likeness (QED) is 0.695. The third kappa shape index (κ3) is 1.38. The second-order valence-electron chi connectivity index (χ2n) is 4.32. The van der Waals surface area contributed by atoms with Crippen molar-refractivity contribution in [2.75, 3.05) is 0 Å². The van der Waals surface area contributed by atoms with Gasteiger partial charge in [0.2, 0.25) is 0 Å². The Hall–Kier alpha value is -0.790. The minimum absolute atomic E-state index is 0.543. The summed E-state index contributed by atoms with van der Waals surface area (Å²) in [4.78, 5) is 0. The van der Waals surface area contributed by atoms with Crippen molar-refractivity contribution in [2.24, 2.45) is 0 Å². The number of aromatic nitrogens is 1. The Morgan fingerprint density at radius 1 is 1.38 bits per heavy atom. The molecule has 0 amide bonds. The van der Waals surface area contributed by atoms with Gasteiger partial charge in [-0.2, -0.15) is 0 Å². The highest BCUT2D eigenvalue weighted by Crippen LogP contribution is 2.40. The lowest BCUT2D eigenvalue weighted by atomic mass is 9.80. The fraction of sp³-hybridized carbons (Fsp3) is 0.727. The topological polar surface area (TPSA) is 26.0 Å². The molecule has 1 aromatic rings. The van der Waals surface area contributed by atoms with E-state index in [1.165, 1.54) is 30.5 Å². The van der Waals surface area contributed by atoms with E-state index in [4.69, 9.17) is 4.52 Å². The third-order valence-corrected chi connectivity index (χ3v) is 3.01. The van der Waals surface area contributed by atoms with Crippen molar-refractivity contribution in [3.63, 3.8) is 0 Å². The number of aryl methyl sites for hydroxylation is 1. The van der Waals surface area contributed by atoms with Crippen LogP contribution in [0.2, 0.25) is 0 Å². The van der Waals surface area contributed by atoms with Gasteiger partial charge in [0.1, 0.15) is 5.76 Å². The van der Waals surface area contributed by atoms with Crippen LogP contribution in [0.3, 0.4) is 0 Å². The zero-order valence-electron chi connectivity index (χ0n) is 8.63. The Kier molecular flexibility index (Phi) is 2.14. The van der Waals surface area contributed by atoms with Crippen molar-refractivity contribution in [1.82, 2.24) is 5.16 Å². The smallest absolute Gasteiger partial charge is 0.137 e. The van der Waals surface area contributed by atoms with Crippen molar-refractivity contribution in [3.8, 4) is 0 Å². The summed E-state index contributed by atoms with van der Waals surface area (Å²) in [5.74, 6) is 2.24. The Morgan fingerprint density at radius 3 is 2.54 bits per heavy atom. The molecule has 2 heteroatoms. The molecule has 0 aromatic carbocycles. The maximum atomic E-state index is 5.26. The van der Waals surface area contributed by atoms with Crippen molar-refractivity contribution >= 4 is 0 Å². The van der Waals surface area contributed by atoms with E-state index in [1.807, 2.05) is 6.92 Å². The summed E-state index contributed by atoms with van der Waals surface area (Å²) in [7, 11) is 0. The summed E-state index contributed by atoms with van der Waals surface area (Å²) in [6.07, 6.45) is 3.95. The maximum absolute atomic E-state index is 5.26. The number of hydrogen-bond donors (Lipinski definition) is 0. The normalized spacial score (nSPS) is 17.8. The van der Waals surface area contributed by atoms with Gasteiger partial charge in [0, 0.05) is 11.5 Å². The summed E-state index contributed by atoms with van der Waals surface area (Å²) in [5, 5.41) is 4.18. The first-order valence-corrected chi connectivity index (χ1v) is 5.16. The minimum atomic E-state index is 0.543. The van der Waals surface area contributed by atoms with Crippen LogP contribution in [0.4, 0.5) is 0 Å². The number of hydrogen-bond acceptors (Lipinski definition) is 2. The van der Waals surface area contributed by atoms with E-state index in [0.717, 1.165) is 5.76 Å². The highest BCUT2D eigenvalue weighted by molar-refractivity contribution is 5.29. The van der Waals surface area contributed by atoms with Crippen LogP contribution in [0.5, 0.6) is 0 Å². The monoisotopic (exact) mass is 179 g/mol. The summed E-state index contributed by atoms with van der Waals surface area (Å²) in [5.41, 5.74) is 2.59. The van der Waals surface area contributed by atoms with Gasteiger partial charge >= 0.3 is 0 Å². The van der Waals surface area contributed by atoms with Crippen LogP contribution in [0.15, 0.2) is 4.52 Å². The van der Waals surface area contributed by atoms with Gasteiger partial charge in [-0.1, -0.05) is 25.4 Å². The Bertz CT molecular complexity index is 297. The van der Waals surface area contributed by atoms with Gasteiger partial charge in [-0.25, -0.2) is 0 Å². The fourth-order valence-corrected chi connectivity index (χ4v) is 2.07. The second kappa shape index (κ2) is 3.17. The largest absolute Gasteiger partial charge is 0.361 e. The van der Waals surface area contributed by atoms with Gasteiger partial charge in [0.05, 0.1) is 5.69 Å². The van der Waals surface area contributed by atoms with Gasteiger partial charge in [0.25, 0.3) is 0 Å². The summed E-state index contributed by atoms with van der Waals surface area (Å²) >= 11 is 0. The lowest BCUT2D eigenvalue weighted by Crippen LogP contribution is -2.11. The molecule has 1 aromatic heterocycles. The van der Waals surface area contributed by atoms with Crippen LogP contribution >= 0.6 is 0 Å². The maximum Gasteiger partial charge on any atom is 0.137 e. The molecule has 0 N–H and O–H groups in total. The van der Waals surface area contributed by atoms with E-state index in [-0.39, 0.29) is 0 Å². The van der Waals surface area contributed by atoms with Gasteiger partial charge in [-0.05, 0) is 25.7 Å². The molecule has 2 rings (SSSR count). The fourth-order valence-electron chi connectivity index (χ4n) is 2.07. The molecule has 0 spiro atoms. The molecule has 0 saturated heterocycles. The van der Waals surface area contributed by atoms with Crippen molar-refractivity contribution in [3.05, 3.63) is 17.0 Å². The highest BCUT2D eigenvalue weighted by atomic mass is 16.5. The van der Waals surface area contributed by atoms with E-state index < -0.39 is 0 Å². The first kappa shape index (κ1) is 8.79. The summed E-state index contributed by atoms with van der Waals surface area (Å²) in [6.45, 7) is 6.44.